The molecule has 2 atom stereocenters. The van der Waals surface area contributed by atoms with Crippen LogP contribution in [0, 0.1) is 11.7 Å². The van der Waals surface area contributed by atoms with E-state index in [2.05, 4.69) is 0 Å². The quantitative estimate of drug-likeness (QED) is 0.848. The van der Waals surface area contributed by atoms with Crippen LogP contribution in [-0.2, 0) is 10.0 Å². The van der Waals surface area contributed by atoms with Crippen molar-refractivity contribution < 1.29 is 12.8 Å². The lowest BCUT2D eigenvalue weighted by molar-refractivity contribution is 0.202. The molecule has 0 saturated carbocycles. The van der Waals surface area contributed by atoms with Crippen molar-refractivity contribution in [3.63, 3.8) is 0 Å². The van der Waals surface area contributed by atoms with Gasteiger partial charge in [0.2, 0.25) is 10.0 Å². The summed E-state index contributed by atoms with van der Waals surface area (Å²) in [6, 6.07) is 3.58. The number of anilines is 1. The first-order valence-electron chi connectivity index (χ1n) is 6.41. The summed E-state index contributed by atoms with van der Waals surface area (Å²) in [5.74, 6) is -0.388. The van der Waals surface area contributed by atoms with Gasteiger partial charge in [-0.1, -0.05) is 6.92 Å². The number of hydrogen-bond acceptors (Lipinski definition) is 3. The molecule has 0 aromatic heterocycles. The van der Waals surface area contributed by atoms with Crippen molar-refractivity contribution in [3.05, 3.63) is 24.0 Å². The number of sulfonamides is 1. The molecule has 1 heterocycles. The van der Waals surface area contributed by atoms with Crippen molar-refractivity contribution in [2.24, 2.45) is 5.92 Å². The minimum Gasteiger partial charge on any atom is -0.396 e. The van der Waals surface area contributed by atoms with Crippen molar-refractivity contribution in [2.75, 3.05) is 12.3 Å². The van der Waals surface area contributed by atoms with Crippen molar-refractivity contribution in [1.82, 2.24) is 4.31 Å². The first-order chi connectivity index (χ1) is 8.84. The Morgan fingerprint density at radius 2 is 2.05 bits per heavy atom. The normalized spacial score (nSPS) is 25.4. The monoisotopic (exact) mass is 286 g/mol. The predicted molar refractivity (Wildman–Crippen MR) is 72.6 cm³/mol. The molecule has 0 bridgehead atoms. The van der Waals surface area contributed by atoms with Crippen LogP contribution >= 0.6 is 0 Å². The Hall–Kier alpha value is -1.14. The molecule has 0 radical (unpaired) electrons. The molecular formula is C13H19FN2O2S. The summed E-state index contributed by atoms with van der Waals surface area (Å²) in [4.78, 5) is -0.0276. The first kappa shape index (κ1) is 14.3. The van der Waals surface area contributed by atoms with Crippen LogP contribution in [0.25, 0.3) is 0 Å². The lowest BCUT2D eigenvalue weighted by Gasteiger charge is -2.36. The molecule has 2 rings (SSSR count). The highest BCUT2D eigenvalue weighted by molar-refractivity contribution is 7.89. The third-order valence-electron chi connectivity index (χ3n) is 3.89. The average Bonchev–Trinajstić information content (AvgIpc) is 2.35. The lowest BCUT2D eigenvalue weighted by atomic mass is 9.94. The number of halogens is 1. The molecule has 4 nitrogen and oxygen atoms in total. The summed E-state index contributed by atoms with van der Waals surface area (Å²) in [7, 11) is -3.65. The maximum absolute atomic E-state index is 13.4. The standard InChI is InChI=1S/C13H19FN2O2S/c1-9-4-3-7-16(10(9)2)19(17,18)11-5-6-13(15)12(14)8-11/h5-6,8-10H,3-4,7,15H2,1-2H3. The second kappa shape index (κ2) is 5.09. The van der Waals surface area contributed by atoms with Gasteiger partial charge in [-0.15, -0.1) is 0 Å². The van der Waals surface area contributed by atoms with Crippen molar-refractivity contribution >= 4 is 15.7 Å². The van der Waals surface area contributed by atoms with Gasteiger partial charge in [0.15, 0.2) is 0 Å². The van der Waals surface area contributed by atoms with Crippen molar-refractivity contribution in [3.8, 4) is 0 Å². The molecule has 1 saturated heterocycles. The summed E-state index contributed by atoms with van der Waals surface area (Å²) in [6.45, 7) is 4.42. The molecule has 106 valence electrons. The molecule has 0 aliphatic carbocycles. The maximum atomic E-state index is 13.4. The van der Waals surface area contributed by atoms with E-state index in [1.54, 1.807) is 0 Å². The van der Waals surface area contributed by atoms with Crippen LogP contribution in [0.15, 0.2) is 23.1 Å². The van der Waals surface area contributed by atoms with Crippen LogP contribution in [0.2, 0.25) is 0 Å². The van der Waals surface area contributed by atoms with Gasteiger partial charge in [0.1, 0.15) is 5.82 Å². The summed E-state index contributed by atoms with van der Waals surface area (Å²) < 4.78 is 40.0. The van der Waals surface area contributed by atoms with E-state index in [1.807, 2.05) is 13.8 Å². The van der Waals surface area contributed by atoms with Crippen molar-refractivity contribution in [1.29, 1.82) is 0 Å². The maximum Gasteiger partial charge on any atom is 0.243 e. The zero-order valence-electron chi connectivity index (χ0n) is 11.1. The van der Waals surface area contributed by atoms with E-state index in [9.17, 15) is 12.8 Å². The lowest BCUT2D eigenvalue weighted by Crippen LogP contribution is -2.45. The number of benzene rings is 1. The molecule has 1 aliphatic rings. The van der Waals surface area contributed by atoms with E-state index in [0.29, 0.717) is 12.5 Å². The molecule has 19 heavy (non-hydrogen) atoms. The van der Waals surface area contributed by atoms with Gasteiger partial charge in [-0.25, -0.2) is 12.8 Å². The minimum atomic E-state index is -3.65. The van der Waals surface area contributed by atoms with E-state index < -0.39 is 15.8 Å². The van der Waals surface area contributed by atoms with Crippen LogP contribution < -0.4 is 5.73 Å². The summed E-state index contributed by atoms with van der Waals surface area (Å²) >= 11 is 0. The smallest absolute Gasteiger partial charge is 0.243 e. The first-order valence-corrected chi connectivity index (χ1v) is 7.85. The van der Waals surface area contributed by atoms with Crippen molar-refractivity contribution in [2.45, 2.75) is 37.6 Å². The van der Waals surface area contributed by atoms with Gasteiger partial charge in [0.25, 0.3) is 0 Å². The highest BCUT2D eigenvalue weighted by Gasteiger charge is 2.34. The average molecular weight is 286 g/mol. The van der Waals surface area contributed by atoms with Gasteiger partial charge >= 0.3 is 0 Å². The van der Waals surface area contributed by atoms with E-state index in [1.165, 1.54) is 16.4 Å². The van der Waals surface area contributed by atoms with Crippen LogP contribution in [-0.4, -0.2) is 25.3 Å². The van der Waals surface area contributed by atoms with Crippen LogP contribution in [0.3, 0.4) is 0 Å². The Labute approximate surface area is 113 Å². The zero-order chi connectivity index (χ0) is 14.2. The number of piperidine rings is 1. The fraction of sp³-hybridized carbons (Fsp3) is 0.538. The Kier molecular flexibility index (Phi) is 3.82. The Morgan fingerprint density at radius 1 is 1.37 bits per heavy atom. The van der Waals surface area contributed by atoms with E-state index in [4.69, 9.17) is 5.73 Å². The highest BCUT2D eigenvalue weighted by atomic mass is 32.2. The number of nitrogen functional groups attached to an aromatic ring is 1. The number of hydrogen-bond donors (Lipinski definition) is 1. The van der Waals surface area contributed by atoms with Gasteiger partial charge in [-0.3, -0.25) is 0 Å². The molecule has 1 aromatic carbocycles. The number of nitrogens with zero attached hydrogens (tertiary/aromatic N) is 1. The third-order valence-corrected chi connectivity index (χ3v) is 5.88. The molecule has 2 N–H and O–H groups in total. The Morgan fingerprint density at radius 3 is 2.68 bits per heavy atom. The van der Waals surface area contributed by atoms with Gasteiger partial charge in [-0.2, -0.15) is 4.31 Å². The second-order valence-corrected chi connectivity index (χ2v) is 7.05. The SMILES string of the molecule is CC1CCCN(S(=O)(=O)c2ccc(N)c(F)c2)C1C. The summed E-state index contributed by atoms with van der Waals surface area (Å²) in [5, 5.41) is 0. The number of nitrogens with two attached hydrogens (primary N) is 1. The molecule has 1 aromatic rings. The van der Waals surface area contributed by atoms with Gasteiger partial charge < -0.3 is 5.73 Å². The largest absolute Gasteiger partial charge is 0.396 e. The van der Waals surface area contributed by atoms with Gasteiger partial charge in [0.05, 0.1) is 10.6 Å². The van der Waals surface area contributed by atoms with Gasteiger partial charge in [0, 0.05) is 12.6 Å². The topological polar surface area (TPSA) is 63.4 Å². The highest BCUT2D eigenvalue weighted by Crippen LogP contribution is 2.29. The minimum absolute atomic E-state index is 0.0276. The van der Waals surface area contributed by atoms with E-state index >= 15 is 0 Å². The van der Waals surface area contributed by atoms with Gasteiger partial charge in [-0.05, 0) is 43.9 Å². The molecule has 0 spiro atoms. The Balaban J connectivity index is 2.38. The fourth-order valence-corrected chi connectivity index (χ4v) is 4.22. The molecule has 6 heteroatoms. The van der Waals surface area contributed by atoms with E-state index in [0.717, 1.165) is 18.9 Å². The van der Waals surface area contributed by atoms with Crippen LogP contribution in [0.1, 0.15) is 26.7 Å². The fourth-order valence-electron chi connectivity index (χ4n) is 2.44. The zero-order valence-corrected chi connectivity index (χ0v) is 12.0. The molecular weight excluding hydrogens is 267 g/mol. The Bertz CT molecular complexity index is 574. The van der Waals surface area contributed by atoms with E-state index in [-0.39, 0.29) is 16.6 Å². The predicted octanol–water partition coefficient (Wildman–Crippen LogP) is 2.22. The van der Waals surface area contributed by atoms with Crippen LogP contribution in [0.4, 0.5) is 10.1 Å². The summed E-state index contributed by atoms with van der Waals surface area (Å²) in [6.07, 6.45) is 1.85. The summed E-state index contributed by atoms with van der Waals surface area (Å²) in [5.41, 5.74) is 5.33. The number of rotatable bonds is 2. The molecule has 1 fully saturated rings. The third kappa shape index (κ3) is 2.60. The molecule has 1 aliphatic heterocycles. The molecule has 0 amide bonds. The second-order valence-electron chi connectivity index (χ2n) is 5.16. The van der Waals surface area contributed by atoms with Crippen LogP contribution in [0.5, 0.6) is 0 Å². The molecule has 2 unspecified atom stereocenters.